The van der Waals surface area contributed by atoms with Crippen molar-refractivity contribution >= 4 is 17.2 Å². The average molecular weight is 533 g/mol. The van der Waals surface area contributed by atoms with Gasteiger partial charge in [0.1, 0.15) is 0 Å². The zero-order valence-electron chi connectivity index (χ0n) is 14.0. The minimum atomic E-state index is -0.972. The molecular weight excluding hydrogens is 514 g/mol. The van der Waals surface area contributed by atoms with Crippen LogP contribution in [-0.2, 0) is 32.4 Å². The first kappa shape index (κ1) is 18.9. The van der Waals surface area contributed by atoms with E-state index in [-0.39, 0.29) is 5.41 Å². The third-order valence-corrected chi connectivity index (χ3v) is 5.04. The predicted molar refractivity (Wildman–Crippen MR) is 103 cm³/mol. The minimum absolute atomic E-state index is 0.0861. The Morgan fingerprint density at radius 2 is 1.52 bits per heavy atom. The van der Waals surface area contributed by atoms with Crippen LogP contribution in [-0.4, -0.2) is 0 Å². The van der Waals surface area contributed by atoms with Gasteiger partial charge in [0, 0.05) is 11.3 Å². The van der Waals surface area contributed by atoms with Crippen LogP contribution >= 0.6 is 17.2 Å². The second-order valence-corrected chi connectivity index (χ2v) is 11.7. The van der Waals surface area contributed by atoms with E-state index in [9.17, 15) is 0 Å². The number of rotatable bonds is 2. The van der Waals surface area contributed by atoms with Gasteiger partial charge in [-0.05, 0) is 34.7 Å². The molecule has 3 aromatic rings. The van der Waals surface area contributed by atoms with Gasteiger partial charge in [-0.25, -0.2) is 0 Å². The number of benzene rings is 3. The van der Waals surface area contributed by atoms with E-state index >= 15 is 0 Å². The molecule has 0 saturated heterocycles. The molecule has 3 aromatic carbocycles. The third-order valence-electron chi connectivity index (χ3n) is 5.04. The molecule has 0 nitrogen and oxygen atoms in total. The standard InChI is InChI=1S/C22H19.2ClH.Hf/c1-22(19-13-6-3-7-14-19)16-18-12-8-9-15-20(18)21(22)17-10-4-2-5-11-17;;;/h2-11,13-15,21H,16H2,1H3;2*1H;/q;;;+2/p-2. The Kier molecular flexibility index (Phi) is 6.55. The molecule has 2 unspecified atom stereocenters. The molecule has 125 valence electrons. The Balaban J connectivity index is 0.000000569. The molecule has 1 aliphatic rings. The second kappa shape index (κ2) is 8.66. The molecule has 4 rings (SSSR count). The molecule has 0 saturated carbocycles. The van der Waals surface area contributed by atoms with Crippen LogP contribution in [0.3, 0.4) is 0 Å². The van der Waals surface area contributed by atoms with Crippen molar-refractivity contribution in [1.82, 2.24) is 0 Å². The van der Waals surface area contributed by atoms with E-state index in [1.54, 1.807) is 0 Å². The van der Waals surface area contributed by atoms with Crippen molar-refractivity contribution in [3.8, 4) is 0 Å². The maximum absolute atomic E-state index is 4.96. The van der Waals surface area contributed by atoms with Crippen LogP contribution in [0.5, 0.6) is 0 Å². The van der Waals surface area contributed by atoms with Gasteiger partial charge in [0.05, 0.1) is 0 Å². The van der Waals surface area contributed by atoms with E-state index in [2.05, 4.69) is 85.8 Å². The predicted octanol–water partition coefficient (Wildman–Crippen LogP) is 6.51. The molecule has 0 bridgehead atoms. The topological polar surface area (TPSA) is 0 Å². The fourth-order valence-corrected chi connectivity index (χ4v) is 4.00. The van der Waals surface area contributed by atoms with Gasteiger partial charge in [-0.2, -0.15) is 0 Å². The Hall–Kier alpha value is -0.890. The summed E-state index contributed by atoms with van der Waals surface area (Å²) in [7, 11) is 9.92. The molecule has 1 aliphatic carbocycles. The molecule has 1 radical (unpaired) electrons. The van der Waals surface area contributed by atoms with E-state index < -0.39 is 20.5 Å². The van der Waals surface area contributed by atoms with Crippen molar-refractivity contribution in [3.63, 3.8) is 0 Å². The van der Waals surface area contributed by atoms with Crippen LogP contribution in [0.2, 0.25) is 0 Å². The molecule has 0 spiro atoms. The molecule has 0 fully saturated rings. The third kappa shape index (κ3) is 3.94. The summed E-state index contributed by atoms with van der Waals surface area (Å²) in [5, 5.41) is 0. The summed E-state index contributed by atoms with van der Waals surface area (Å²) in [6.45, 7) is 2.40. The molecule has 2 atom stereocenters. The van der Waals surface area contributed by atoms with Gasteiger partial charge in [-0.3, -0.25) is 0 Å². The van der Waals surface area contributed by atoms with Crippen LogP contribution in [0.1, 0.15) is 35.1 Å². The average Bonchev–Trinajstić information content (AvgIpc) is 2.97. The van der Waals surface area contributed by atoms with Crippen LogP contribution in [0.25, 0.3) is 0 Å². The van der Waals surface area contributed by atoms with E-state index in [1.807, 2.05) is 6.07 Å². The van der Waals surface area contributed by atoms with E-state index in [1.165, 1.54) is 22.3 Å². The van der Waals surface area contributed by atoms with Crippen molar-refractivity contribution in [2.75, 3.05) is 0 Å². The molecule has 0 aliphatic heterocycles. The van der Waals surface area contributed by atoms with E-state index in [4.69, 9.17) is 17.2 Å². The summed E-state index contributed by atoms with van der Waals surface area (Å²) >= 11 is -0.972. The van der Waals surface area contributed by atoms with E-state index in [0.29, 0.717) is 5.92 Å². The first-order valence-corrected chi connectivity index (χ1v) is 17.2. The van der Waals surface area contributed by atoms with Crippen molar-refractivity contribution < 1.29 is 20.5 Å². The maximum atomic E-state index is 4.96. The second-order valence-electron chi connectivity index (χ2n) is 6.48. The molecular formula is C22H19Cl2Hf. The summed E-state index contributed by atoms with van der Waals surface area (Å²) < 4.78 is 0. The Morgan fingerprint density at radius 3 is 2.16 bits per heavy atom. The van der Waals surface area contributed by atoms with Crippen LogP contribution < -0.4 is 0 Å². The molecule has 0 N–H and O–H groups in total. The van der Waals surface area contributed by atoms with Crippen molar-refractivity contribution in [3.05, 3.63) is 107 Å². The normalized spacial score (nSPS) is 21.0. The monoisotopic (exact) mass is 533 g/mol. The quantitative estimate of drug-likeness (QED) is 0.330. The first-order valence-electron chi connectivity index (χ1n) is 8.27. The molecule has 0 amide bonds. The zero-order valence-corrected chi connectivity index (χ0v) is 19.2. The molecule has 3 heteroatoms. The molecule has 0 aromatic heterocycles. The van der Waals surface area contributed by atoms with Gasteiger partial charge < -0.3 is 0 Å². The van der Waals surface area contributed by atoms with Gasteiger partial charge in [0.2, 0.25) is 0 Å². The van der Waals surface area contributed by atoms with Crippen LogP contribution in [0.15, 0.2) is 78.9 Å². The van der Waals surface area contributed by atoms with Gasteiger partial charge in [-0.15, -0.1) is 0 Å². The number of fused-ring (bicyclic) bond motifs is 1. The summed E-state index contributed by atoms with van der Waals surface area (Å²) in [4.78, 5) is 0. The van der Waals surface area contributed by atoms with Crippen LogP contribution in [0, 0.1) is 6.07 Å². The Bertz CT molecular complexity index is 805. The zero-order chi connectivity index (χ0) is 17.7. The fourth-order valence-electron chi connectivity index (χ4n) is 4.00. The number of halogens is 2. The summed E-state index contributed by atoms with van der Waals surface area (Å²) in [5.74, 6) is 0.392. The number of hydrogen-bond donors (Lipinski definition) is 0. The Labute approximate surface area is 168 Å². The van der Waals surface area contributed by atoms with Gasteiger partial charge in [0.15, 0.2) is 0 Å². The van der Waals surface area contributed by atoms with Crippen molar-refractivity contribution in [2.45, 2.75) is 24.7 Å². The van der Waals surface area contributed by atoms with E-state index in [0.717, 1.165) is 6.42 Å². The van der Waals surface area contributed by atoms with Crippen molar-refractivity contribution in [1.29, 1.82) is 0 Å². The van der Waals surface area contributed by atoms with Gasteiger partial charge in [0.25, 0.3) is 0 Å². The van der Waals surface area contributed by atoms with Crippen molar-refractivity contribution in [2.24, 2.45) is 0 Å². The SMILES string of the molecule is CC1(c2ccccc2)Cc2[c]cccc2C1c1ccccc1.[Cl][Hf][Cl]. The fraction of sp³-hybridized carbons (Fsp3) is 0.182. The Morgan fingerprint density at radius 1 is 0.920 bits per heavy atom. The van der Waals surface area contributed by atoms with Gasteiger partial charge >= 0.3 is 37.7 Å². The van der Waals surface area contributed by atoms with Crippen LogP contribution in [0.4, 0.5) is 0 Å². The number of hydrogen-bond acceptors (Lipinski definition) is 0. The van der Waals surface area contributed by atoms with Gasteiger partial charge in [-0.1, -0.05) is 85.8 Å². The molecule has 0 heterocycles. The summed E-state index contributed by atoms with van der Waals surface area (Å²) in [6.07, 6.45) is 1.05. The summed E-state index contributed by atoms with van der Waals surface area (Å²) in [5.41, 5.74) is 5.69. The molecule has 25 heavy (non-hydrogen) atoms. The first-order chi connectivity index (χ1) is 12.2. The summed E-state index contributed by atoms with van der Waals surface area (Å²) in [6, 6.07) is 31.7.